The average Bonchev–Trinajstić information content (AvgIpc) is 2.74. The van der Waals surface area contributed by atoms with Crippen molar-refractivity contribution in [2.24, 2.45) is 5.73 Å². The van der Waals surface area contributed by atoms with Crippen LogP contribution in [-0.4, -0.2) is 28.9 Å². The quantitative estimate of drug-likeness (QED) is 0.606. The molecule has 3 rings (SSSR count). The molecular weight excluding hydrogens is 369 g/mol. The number of ether oxygens (including phenoxy) is 1. The zero-order valence-corrected chi connectivity index (χ0v) is 16.6. The van der Waals surface area contributed by atoms with Crippen LogP contribution < -0.4 is 10.5 Å². The molecule has 29 heavy (non-hydrogen) atoms. The highest BCUT2D eigenvalue weighted by Gasteiger charge is 2.13. The number of nitrogens with two attached hydrogens (primary N) is 1. The molecule has 0 aliphatic carbocycles. The van der Waals surface area contributed by atoms with E-state index in [1.54, 1.807) is 24.3 Å². The summed E-state index contributed by atoms with van der Waals surface area (Å²) in [7, 11) is 0. The molecule has 0 fully saturated rings. The van der Waals surface area contributed by atoms with Gasteiger partial charge in [0.1, 0.15) is 23.0 Å². The van der Waals surface area contributed by atoms with E-state index in [9.17, 15) is 9.18 Å². The smallest absolute Gasteiger partial charge is 0.267 e. The number of hydrogen-bond acceptors (Lipinski definition) is 4. The van der Waals surface area contributed by atoms with E-state index in [2.05, 4.69) is 23.7 Å². The van der Waals surface area contributed by atoms with E-state index < -0.39 is 5.91 Å². The fraction of sp³-hybridized carbons (Fsp3) is 0.217. The van der Waals surface area contributed by atoms with Crippen LogP contribution in [0.15, 0.2) is 60.7 Å². The number of nitrogens with zero attached hydrogens (tertiary/aromatic N) is 2. The molecule has 0 spiro atoms. The van der Waals surface area contributed by atoms with Gasteiger partial charge in [-0.1, -0.05) is 19.9 Å². The lowest BCUT2D eigenvalue weighted by Gasteiger charge is -2.21. The predicted octanol–water partition coefficient (Wildman–Crippen LogP) is 4.62. The van der Waals surface area contributed by atoms with E-state index in [0.29, 0.717) is 23.7 Å². The van der Waals surface area contributed by atoms with Crippen LogP contribution in [0, 0.1) is 5.82 Å². The van der Waals surface area contributed by atoms with E-state index in [4.69, 9.17) is 10.5 Å². The molecule has 3 aromatic rings. The molecule has 0 atom stereocenters. The number of carbonyl (C=O) groups is 1. The number of aromatic nitrogens is 1. The summed E-state index contributed by atoms with van der Waals surface area (Å²) in [5.41, 5.74) is 8.08. The highest BCUT2D eigenvalue weighted by molar-refractivity contribution is 5.91. The minimum absolute atomic E-state index is 0.222. The minimum Gasteiger partial charge on any atom is -0.457 e. The van der Waals surface area contributed by atoms with Gasteiger partial charge in [0, 0.05) is 17.7 Å². The Bertz CT molecular complexity index is 986. The number of pyridine rings is 1. The van der Waals surface area contributed by atoms with E-state index in [-0.39, 0.29) is 11.5 Å². The molecule has 1 amide bonds. The molecule has 0 aliphatic rings. The lowest BCUT2D eigenvalue weighted by molar-refractivity contribution is 0.0995. The number of amides is 1. The molecule has 0 aliphatic heterocycles. The first kappa shape index (κ1) is 20.5. The summed E-state index contributed by atoms with van der Waals surface area (Å²) in [6.07, 6.45) is 0. The SMILES string of the molecule is CCN(CC)Cc1cc(-c2cccc(C(N)=O)n2)ccc1Oc1ccc(F)cc1. The van der Waals surface area contributed by atoms with Crippen LogP contribution in [0.1, 0.15) is 29.9 Å². The van der Waals surface area contributed by atoms with Crippen LogP contribution in [0.5, 0.6) is 11.5 Å². The Morgan fingerprint density at radius 2 is 1.79 bits per heavy atom. The molecule has 6 heteroatoms. The lowest BCUT2D eigenvalue weighted by atomic mass is 10.1. The fourth-order valence-corrected chi connectivity index (χ4v) is 3.01. The Morgan fingerprint density at radius 3 is 2.45 bits per heavy atom. The van der Waals surface area contributed by atoms with E-state index >= 15 is 0 Å². The number of halogens is 1. The maximum Gasteiger partial charge on any atom is 0.267 e. The van der Waals surface area contributed by atoms with Crippen LogP contribution in [-0.2, 0) is 6.54 Å². The topological polar surface area (TPSA) is 68.5 Å². The van der Waals surface area contributed by atoms with Crippen LogP contribution >= 0.6 is 0 Å². The molecule has 0 saturated carbocycles. The predicted molar refractivity (Wildman–Crippen MR) is 111 cm³/mol. The van der Waals surface area contributed by atoms with Gasteiger partial charge in [-0.3, -0.25) is 9.69 Å². The number of benzene rings is 2. The summed E-state index contributed by atoms with van der Waals surface area (Å²) in [6.45, 7) is 6.68. The first-order valence-corrected chi connectivity index (χ1v) is 9.56. The first-order chi connectivity index (χ1) is 14.0. The largest absolute Gasteiger partial charge is 0.457 e. The molecule has 2 N–H and O–H groups in total. The summed E-state index contributed by atoms with van der Waals surface area (Å²) in [5, 5.41) is 0. The monoisotopic (exact) mass is 393 g/mol. The standard InChI is InChI=1S/C23H24FN3O2/c1-3-27(4-2)15-17-14-16(20-6-5-7-21(26-20)23(25)28)8-13-22(17)29-19-11-9-18(24)10-12-19/h5-14H,3-4,15H2,1-2H3,(H2,25,28). The second kappa shape index (κ2) is 9.30. The van der Waals surface area contributed by atoms with Gasteiger partial charge >= 0.3 is 0 Å². The molecular formula is C23H24FN3O2. The molecule has 0 bridgehead atoms. The summed E-state index contributed by atoms with van der Waals surface area (Å²) < 4.78 is 19.2. The zero-order chi connectivity index (χ0) is 20.8. The van der Waals surface area contributed by atoms with E-state index in [1.165, 1.54) is 12.1 Å². The van der Waals surface area contributed by atoms with Crippen molar-refractivity contribution in [1.29, 1.82) is 0 Å². The van der Waals surface area contributed by atoms with Crippen molar-refractivity contribution >= 4 is 5.91 Å². The van der Waals surface area contributed by atoms with E-state index in [1.807, 2.05) is 24.3 Å². The third-order valence-corrected chi connectivity index (χ3v) is 4.69. The normalized spacial score (nSPS) is 10.9. The zero-order valence-electron chi connectivity index (χ0n) is 16.6. The van der Waals surface area contributed by atoms with Crippen LogP contribution in [0.3, 0.4) is 0 Å². The number of rotatable bonds is 8. The Labute approximate surface area is 169 Å². The van der Waals surface area contributed by atoms with Gasteiger partial charge in [-0.05, 0) is 67.7 Å². The second-order valence-electron chi connectivity index (χ2n) is 6.61. The van der Waals surface area contributed by atoms with Crippen molar-refractivity contribution in [3.8, 4) is 22.8 Å². The molecule has 2 aromatic carbocycles. The van der Waals surface area contributed by atoms with Crippen LogP contribution in [0.2, 0.25) is 0 Å². The van der Waals surface area contributed by atoms with Crippen LogP contribution in [0.4, 0.5) is 4.39 Å². The van der Waals surface area contributed by atoms with Crippen molar-refractivity contribution in [2.75, 3.05) is 13.1 Å². The Balaban J connectivity index is 1.99. The Hall–Kier alpha value is -3.25. The molecule has 0 radical (unpaired) electrons. The number of hydrogen-bond donors (Lipinski definition) is 1. The van der Waals surface area contributed by atoms with Crippen molar-refractivity contribution in [3.05, 3.63) is 77.7 Å². The maximum absolute atomic E-state index is 13.2. The van der Waals surface area contributed by atoms with Crippen molar-refractivity contribution in [1.82, 2.24) is 9.88 Å². The van der Waals surface area contributed by atoms with Gasteiger partial charge in [-0.25, -0.2) is 9.37 Å². The highest BCUT2D eigenvalue weighted by Crippen LogP contribution is 2.31. The van der Waals surface area contributed by atoms with Gasteiger partial charge in [0.05, 0.1) is 5.69 Å². The minimum atomic E-state index is -0.563. The summed E-state index contributed by atoms with van der Waals surface area (Å²) in [6, 6.07) is 16.9. The fourth-order valence-electron chi connectivity index (χ4n) is 3.01. The molecule has 1 heterocycles. The Morgan fingerprint density at radius 1 is 1.07 bits per heavy atom. The van der Waals surface area contributed by atoms with Crippen molar-refractivity contribution in [2.45, 2.75) is 20.4 Å². The van der Waals surface area contributed by atoms with Crippen molar-refractivity contribution in [3.63, 3.8) is 0 Å². The van der Waals surface area contributed by atoms with E-state index in [0.717, 1.165) is 24.2 Å². The average molecular weight is 393 g/mol. The van der Waals surface area contributed by atoms with Gasteiger partial charge in [-0.2, -0.15) is 0 Å². The summed E-state index contributed by atoms with van der Waals surface area (Å²) in [5.74, 6) is 0.384. The number of primary amides is 1. The van der Waals surface area contributed by atoms with Gasteiger partial charge in [0.2, 0.25) is 0 Å². The summed E-state index contributed by atoms with van der Waals surface area (Å²) >= 11 is 0. The van der Waals surface area contributed by atoms with Crippen LogP contribution in [0.25, 0.3) is 11.3 Å². The molecule has 150 valence electrons. The third kappa shape index (κ3) is 5.18. The lowest BCUT2D eigenvalue weighted by Crippen LogP contribution is -2.22. The van der Waals surface area contributed by atoms with Gasteiger partial charge in [-0.15, -0.1) is 0 Å². The summed E-state index contributed by atoms with van der Waals surface area (Å²) in [4.78, 5) is 18.1. The number of carbonyl (C=O) groups excluding carboxylic acids is 1. The maximum atomic E-state index is 13.2. The second-order valence-corrected chi connectivity index (χ2v) is 6.61. The molecule has 1 aromatic heterocycles. The molecule has 5 nitrogen and oxygen atoms in total. The first-order valence-electron chi connectivity index (χ1n) is 9.56. The third-order valence-electron chi connectivity index (χ3n) is 4.69. The van der Waals surface area contributed by atoms with Gasteiger partial charge < -0.3 is 10.5 Å². The molecule has 0 saturated heterocycles. The van der Waals surface area contributed by atoms with Gasteiger partial charge in [0.15, 0.2) is 0 Å². The highest BCUT2D eigenvalue weighted by atomic mass is 19.1. The van der Waals surface area contributed by atoms with Gasteiger partial charge in [0.25, 0.3) is 5.91 Å². The molecule has 0 unspecified atom stereocenters. The van der Waals surface area contributed by atoms with Crippen molar-refractivity contribution < 1.29 is 13.9 Å². The Kier molecular flexibility index (Phi) is 6.57.